The molecular formula is C29H23F8N5O6. The minimum absolute atomic E-state index is 0.00747. The Labute approximate surface area is 264 Å². The van der Waals surface area contributed by atoms with E-state index in [9.17, 15) is 54.6 Å². The number of para-hydroxylation sites is 1. The molecule has 0 aliphatic heterocycles. The second-order valence-corrected chi connectivity index (χ2v) is 10.0. The van der Waals surface area contributed by atoms with Crippen molar-refractivity contribution in [1.29, 1.82) is 0 Å². The Balaban J connectivity index is 1.85. The highest BCUT2D eigenvalue weighted by molar-refractivity contribution is 5.96. The molecule has 0 spiro atoms. The number of aryl methyl sites for hydroxylation is 1. The molecule has 4 aromatic rings. The van der Waals surface area contributed by atoms with Crippen LogP contribution in [0.1, 0.15) is 5.56 Å². The minimum atomic E-state index is -5.34. The van der Waals surface area contributed by atoms with E-state index in [-0.39, 0.29) is 22.3 Å². The predicted octanol–water partition coefficient (Wildman–Crippen LogP) is 4.43. The smallest absolute Gasteiger partial charge is 0.457 e. The van der Waals surface area contributed by atoms with Crippen LogP contribution in [0.2, 0.25) is 0 Å². The maximum atomic E-state index is 15.0. The molecule has 0 saturated carbocycles. The van der Waals surface area contributed by atoms with Crippen LogP contribution in [0.5, 0.6) is 0 Å². The molecular weight excluding hydrogens is 666 g/mol. The van der Waals surface area contributed by atoms with Gasteiger partial charge >= 0.3 is 18.3 Å². The maximum absolute atomic E-state index is 15.0. The number of nitrogens with one attached hydrogen (secondary N) is 2. The molecule has 3 N–H and O–H groups in total. The summed E-state index contributed by atoms with van der Waals surface area (Å²) in [5, 5.41) is 14.6. The Hall–Kier alpha value is -5.17. The summed E-state index contributed by atoms with van der Waals surface area (Å²) in [5.74, 6) is -6.34. The highest BCUT2D eigenvalue weighted by Gasteiger charge is 2.41. The van der Waals surface area contributed by atoms with Gasteiger partial charge in [0.25, 0.3) is 5.56 Å². The van der Waals surface area contributed by atoms with E-state index in [4.69, 9.17) is 0 Å². The molecule has 48 heavy (non-hydrogen) atoms. The molecule has 2 aromatic carbocycles. The highest BCUT2D eigenvalue weighted by Crippen LogP contribution is 2.33. The summed E-state index contributed by atoms with van der Waals surface area (Å²) in [7, 11) is 0. The van der Waals surface area contributed by atoms with Crippen molar-refractivity contribution in [1.82, 2.24) is 14.5 Å². The summed E-state index contributed by atoms with van der Waals surface area (Å²) in [6.07, 6.45) is -10.0. The van der Waals surface area contributed by atoms with Crippen LogP contribution in [0, 0.1) is 18.6 Å². The number of pyridine rings is 1. The van der Waals surface area contributed by atoms with Gasteiger partial charge in [0.15, 0.2) is 5.65 Å². The number of carbonyl (C=O) groups is 2. The SMILES string of the molecule is Cc1ccc(NC(=O)COCC(F)(F)F)cc1-c1nc(NC(CO)COC(=O)C(F)(F)F)nc2c1ccc(=O)n2-c1c(F)cccc1F. The lowest BCUT2D eigenvalue weighted by Gasteiger charge is -2.20. The number of aromatic nitrogens is 3. The van der Waals surface area contributed by atoms with Crippen LogP contribution in [-0.2, 0) is 19.1 Å². The lowest BCUT2D eigenvalue weighted by molar-refractivity contribution is -0.200. The second-order valence-electron chi connectivity index (χ2n) is 10.0. The fraction of sp³-hybridized carbons (Fsp3) is 0.276. The largest absolute Gasteiger partial charge is 0.490 e. The minimum Gasteiger partial charge on any atom is -0.457 e. The van der Waals surface area contributed by atoms with Gasteiger partial charge in [0.05, 0.1) is 18.3 Å². The Morgan fingerprint density at radius 2 is 1.69 bits per heavy atom. The highest BCUT2D eigenvalue weighted by atomic mass is 19.4. The van der Waals surface area contributed by atoms with Gasteiger partial charge in [-0.2, -0.15) is 31.3 Å². The first-order valence-corrected chi connectivity index (χ1v) is 13.5. The number of aliphatic hydroxyl groups excluding tert-OH is 1. The van der Waals surface area contributed by atoms with Crippen LogP contribution in [0.3, 0.4) is 0 Å². The molecule has 19 heteroatoms. The summed E-state index contributed by atoms with van der Waals surface area (Å²) < 4.78 is 114. The van der Waals surface area contributed by atoms with Crippen LogP contribution in [0.15, 0.2) is 53.3 Å². The van der Waals surface area contributed by atoms with E-state index in [0.717, 1.165) is 24.3 Å². The van der Waals surface area contributed by atoms with Crippen molar-refractivity contribution in [2.45, 2.75) is 25.3 Å². The molecule has 0 aliphatic carbocycles. The first-order valence-electron chi connectivity index (χ1n) is 13.5. The lowest BCUT2D eigenvalue weighted by Crippen LogP contribution is -2.35. The van der Waals surface area contributed by atoms with E-state index >= 15 is 0 Å². The predicted molar refractivity (Wildman–Crippen MR) is 152 cm³/mol. The molecule has 256 valence electrons. The summed E-state index contributed by atoms with van der Waals surface area (Å²) in [6, 6.07) is 7.70. The van der Waals surface area contributed by atoms with Gasteiger partial charge in [-0.3, -0.25) is 14.2 Å². The van der Waals surface area contributed by atoms with Crippen molar-refractivity contribution in [2.75, 3.05) is 37.1 Å². The normalized spacial score (nSPS) is 12.5. The Bertz CT molecular complexity index is 1880. The lowest BCUT2D eigenvalue weighted by atomic mass is 10.0. The van der Waals surface area contributed by atoms with Gasteiger partial charge in [-0.05, 0) is 42.8 Å². The van der Waals surface area contributed by atoms with E-state index in [1.165, 1.54) is 24.3 Å². The zero-order valence-corrected chi connectivity index (χ0v) is 24.4. The van der Waals surface area contributed by atoms with Gasteiger partial charge in [-0.25, -0.2) is 18.6 Å². The molecule has 11 nitrogen and oxygen atoms in total. The number of esters is 1. The summed E-state index contributed by atoms with van der Waals surface area (Å²) in [4.78, 5) is 45.0. The number of ether oxygens (including phenoxy) is 2. The molecule has 1 atom stereocenters. The molecule has 4 rings (SSSR count). The fourth-order valence-electron chi connectivity index (χ4n) is 4.30. The van der Waals surface area contributed by atoms with Crippen LogP contribution < -0.4 is 16.2 Å². The molecule has 0 bridgehead atoms. The number of alkyl halides is 6. The van der Waals surface area contributed by atoms with Gasteiger partial charge in [0, 0.05) is 22.7 Å². The number of carbonyl (C=O) groups excluding carboxylic acids is 2. The van der Waals surface area contributed by atoms with Crippen molar-refractivity contribution in [3.8, 4) is 16.9 Å². The zero-order valence-electron chi connectivity index (χ0n) is 24.4. The number of benzene rings is 2. The number of halogens is 8. The van der Waals surface area contributed by atoms with Crippen LogP contribution in [0.4, 0.5) is 46.8 Å². The number of hydrogen-bond acceptors (Lipinski definition) is 9. The average Bonchev–Trinajstić information content (AvgIpc) is 2.99. The van der Waals surface area contributed by atoms with Crippen molar-refractivity contribution < 1.29 is 59.3 Å². The van der Waals surface area contributed by atoms with Crippen molar-refractivity contribution in [3.63, 3.8) is 0 Å². The zero-order chi connectivity index (χ0) is 35.4. The van der Waals surface area contributed by atoms with Gasteiger partial charge < -0.3 is 25.2 Å². The quantitative estimate of drug-likeness (QED) is 0.154. The number of rotatable bonds is 11. The third-order valence-corrected chi connectivity index (χ3v) is 6.39. The fourth-order valence-corrected chi connectivity index (χ4v) is 4.30. The number of fused-ring (bicyclic) bond motifs is 1. The molecule has 2 heterocycles. The van der Waals surface area contributed by atoms with E-state index in [1.807, 2.05) is 0 Å². The topological polar surface area (TPSA) is 145 Å². The Morgan fingerprint density at radius 3 is 2.31 bits per heavy atom. The third-order valence-electron chi connectivity index (χ3n) is 6.39. The molecule has 0 saturated heterocycles. The third kappa shape index (κ3) is 8.59. The van der Waals surface area contributed by atoms with Gasteiger partial charge in [0.2, 0.25) is 11.9 Å². The molecule has 0 aliphatic rings. The molecule has 1 amide bonds. The number of nitrogens with zero attached hydrogens (tertiary/aromatic N) is 3. The van der Waals surface area contributed by atoms with Crippen molar-refractivity contribution in [3.05, 3.63) is 76.1 Å². The number of amides is 1. The van der Waals surface area contributed by atoms with Crippen LogP contribution in [0.25, 0.3) is 28.0 Å². The standard InChI is InChI=1S/C29H23F8N5O6/c1-14-5-6-15(38-21(44)12-47-13-28(32,33)34)9-18(14)23-17-7-8-22(45)42(24-19(30)3-2-4-20(24)31)25(17)41-27(40-23)39-16(10-43)11-48-26(46)29(35,36)37/h2-9,16,43H,10-13H2,1H3,(H,38,44)(H,39,40,41). The van der Waals surface area contributed by atoms with Crippen LogP contribution >= 0.6 is 0 Å². The summed E-state index contributed by atoms with van der Waals surface area (Å²) in [5.41, 5.74) is -1.62. The molecule has 1 unspecified atom stereocenters. The van der Waals surface area contributed by atoms with E-state index in [2.05, 4.69) is 30.1 Å². The molecule has 0 radical (unpaired) electrons. The van der Waals surface area contributed by atoms with Crippen molar-refractivity contribution in [2.24, 2.45) is 0 Å². The molecule has 2 aromatic heterocycles. The van der Waals surface area contributed by atoms with E-state index in [1.54, 1.807) is 6.92 Å². The van der Waals surface area contributed by atoms with Crippen LogP contribution in [-0.4, -0.2) is 76.3 Å². The van der Waals surface area contributed by atoms with Gasteiger partial charge in [0.1, 0.15) is 37.1 Å². The molecule has 0 fully saturated rings. The Morgan fingerprint density at radius 1 is 1.00 bits per heavy atom. The summed E-state index contributed by atoms with van der Waals surface area (Å²) >= 11 is 0. The number of anilines is 2. The van der Waals surface area contributed by atoms with E-state index < -0.39 is 91.2 Å². The Kier molecular flexibility index (Phi) is 10.6. The first kappa shape index (κ1) is 35.7. The van der Waals surface area contributed by atoms with Gasteiger partial charge in [-0.1, -0.05) is 12.1 Å². The average molecular weight is 690 g/mol. The second kappa shape index (κ2) is 14.3. The monoisotopic (exact) mass is 689 g/mol. The van der Waals surface area contributed by atoms with E-state index in [0.29, 0.717) is 10.1 Å². The number of aliphatic hydroxyl groups is 1. The number of hydrogen-bond donors (Lipinski definition) is 3. The first-order chi connectivity index (χ1) is 22.5. The maximum Gasteiger partial charge on any atom is 0.490 e. The van der Waals surface area contributed by atoms with Crippen molar-refractivity contribution >= 4 is 34.5 Å². The van der Waals surface area contributed by atoms with Gasteiger partial charge in [-0.15, -0.1) is 0 Å². The summed E-state index contributed by atoms with van der Waals surface area (Å²) in [6.45, 7) is -3.01.